The molecule has 2 aliphatic heterocycles. The van der Waals surface area contributed by atoms with Crippen molar-refractivity contribution >= 4 is 28.9 Å². The summed E-state index contributed by atoms with van der Waals surface area (Å²) in [5.74, 6) is -0.168. The molecule has 0 spiro atoms. The lowest BCUT2D eigenvalue weighted by Gasteiger charge is -2.37. The lowest BCUT2D eigenvalue weighted by Crippen LogP contribution is -2.45. The maximum absolute atomic E-state index is 11.7. The molecule has 3 N–H and O–H groups in total. The van der Waals surface area contributed by atoms with Crippen molar-refractivity contribution in [3.05, 3.63) is 22.7 Å². The van der Waals surface area contributed by atoms with E-state index >= 15 is 0 Å². The second-order valence-corrected chi connectivity index (χ2v) is 6.43. The fourth-order valence-corrected chi connectivity index (χ4v) is 3.52. The van der Waals surface area contributed by atoms with Crippen LogP contribution in [0.3, 0.4) is 0 Å². The van der Waals surface area contributed by atoms with Gasteiger partial charge in [0.15, 0.2) is 0 Å². The van der Waals surface area contributed by atoms with E-state index in [0.717, 1.165) is 36.4 Å². The van der Waals surface area contributed by atoms with Gasteiger partial charge in [-0.1, -0.05) is 11.6 Å². The molecule has 0 saturated carbocycles. The third-order valence-electron chi connectivity index (χ3n) is 4.52. The van der Waals surface area contributed by atoms with Crippen molar-refractivity contribution in [1.82, 2.24) is 4.90 Å². The maximum atomic E-state index is 11.7. The zero-order valence-electron chi connectivity index (χ0n) is 12.4. The molecule has 2 unspecified atom stereocenters. The van der Waals surface area contributed by atoms with Crippen molar-refractivity contribution < 1.29 is 4.79 Å². The highest BCUT2D eigenvalue weighted by Gasteiger charge is 2.30. The molecule has 0 bridgehead atoms. The van der Waals surface area contributed by atoms with Crippen molar-refractivity contribution in [3.8, 4) is 0 Å². The number of carbonyl (C=O) groups is 1. The van der Waals surface area contributed by atoms with Crippen LogP contribution in [0.1, 0.15) is 24.4 Å². The van der Waals surface area contributed by atoms with Crippen LogP contribution >= 0.6 is 11.6 Å². The molecule has 2 aliphatic rings. The molecule has 1 saturated heterocycles. The SMILES string of the molecule is CN1CCCC(N(C)c2cc3c(cc2Cl)C(N)C(=O)N3)C1. The Morgan fingerprint density at radius 1 is 1.48 bits per heavy atom. The quantitative estimate of drug-likeness (QED) is 0.875. The summed E-state index contributed by atoms with van der Waals surface area (Å²) < 4.78 is 0. The predicted octanol–water partition coefficient (Wildman–Crippen LogP) is 1.82. The van der Waals surface area contributed by atoms with E-state index in [4.69, 9.17) is 17.3 Å². The highest BCUT2D eigenvalue weighted by molar-refractivity contribution is 6.33. The van der Waals surface area contributed by atoms with Crippen molar-refractivity contribution in [2.45, 2.75) is 24.9 Å². The predicted molar refractivity (Wildman–Crippen MR) is 85.9 cm³/mol. The summed E-state index contributed by atoms with van der Waals surface area (Å²) in [5, 5.41) is 3.47. The van der Waals surface area contributed by atoms with Crippen LogP contribution in [0.2, 0.25) is 5.02 Å². The smallest absolute Gasteiger partial charge is 0.245 e. The van der Waals surface area contributed by atoms with Crippen molar-refractivity contribution in [3.63, 3.8) is 0 Å². The van der Waals surface area contributed by atoms with Crippen LogP contribution in [-0.4, -0.2) is 44.0 Å². The lowest BCUT2D eigenvalue weighted by atomic mass is 10.0. The van der Waals surface area contributed by atoms with E-state index in [2.05, 4.69) is 29.2 Å². The Morgan fingerprint density at radius 3 is 2.95 bits per heavy atom. The lowest BCUT2D eigenvalue weighted by molar-refractivity contribution is -0.116. The molecule has 2 atom stereocenters. The molecule has 1 aromatic carbocycles. The maximum Gasteiger partial charge on any atom is 0.245 e. The molecule has 3 rings (SSSR count). The minimum atomic E-state index is -0.613. The highest BCUT2D eigenvalue weighted by atomic mass is 35.5. The minimum absolute atomic E-state index is 0.168. The number of fused-ring (bicyclic) bond motifs is 1. The fraction of sp³-hybridized carbons (Fsp3) is 0.533. The summed E-state index contributed by atoms with van der Waals surface area (Å²) >= 11 is 6.42. The number of halogens is 1. The molecular formula is C15H21ClN4O. The Balaban J connectivity index is 1.89. The molecule has 1 amide bonds. The number of amides is 1. The van der Waals surface area contributed by atoms with Gasteiger partial charge >= 0.3 is 0 Å². The number of piperidine rings is 1. The number of likely N-dealkylation sites (tertiary alicyclic amines) is 1. The topological polar surface area (TPSA) is 61.6 Å². The van der Waals surface area contributed by atoms with Crippen LogP contribution in [0, 0.1) is 0 Å². The molecule has 21 heavy (non-hydrogen) atoms. The Bertz CT molecular complexity index is 577. The first kappa shape index (κ1) is 14.6. The van der Waals surface area contributed by atoms with E-state index < -0.39 is 6.04 Å². The molecule has 6 heteroatoms. The van der Waals surface area contributed by atoms with Gasteiger partial charge in [0.1, 0.15) is 6.04 Å². The number of nitrogens with two attached hydrogens (primary N) is 1. The minimum Gasteiger partial charge on any atom is -0.369 e. The molecule has 1 fully saturated rings. The summed E-state index contributed by atoms with van der Waals surface area (Å²) in [4.78, 5) is 16.2. The van der Waals surface area contributed by atoms with Gasteiger partial charge in [0.25, 0.3) is 0 Å². The van der Waals surface area contributed by atoms with Gasteiger partial charge in [0.2, 0.25) is 5.91 Å². The monoisotopic (exact) mass is 308 g/mol. The molecule has 1 aromatic rings. The number of nitrogens with one attached hydrogen (secondary N) is 1. The van der Waals surface area contributed by atoms with Crippen LogP contribution in [0.15, 0.2) is 12.1 Å². The number of rotatable bonds is 2. The summed E-state index contributed by atoms with van der Waals surface area (Å²) in [6.07, 6.45) is 2.34. The number of hydrogen-bond acceptors (Lipinski definition) is 4. The largest absolute Gasteiger partial charge is 0.369 e. The molecule has 2 heterocycles. The van der Waals surface area contributed by atoms with E-state index in [1.165, 1.54) is 6.42 Å². The molecule has 0 radical (unpaired) electrons. The Kier molecular flexibility index (Phi) is 3.82. The summed E-state index contributed by atoms with van der Waals surface area (Å²) in [6.45, 7) is 2.17. The van der Waals surface area contributed by atoms with Crippen LogP contribution in [0.25, 0.3) is 0 Å². The summed E-state index contributed by atoms with van der Waals surface area (Å²) in [6, 6.07) is 3.58. The average Bonchev–Trinajstić information content (AvgIpc) is 2.73. The number of hydrogen-bond donors (Lipinski definition) is 2. The zero-order chi connectivity index (χ0) is 15.1. The van der Waals surface area contributed by atoms with Crippen molar-refractivity contribution in [1.29, 1.82) is 0 Å². The average molecular weight is 309 g/mol. The fourth-order valence-electron chi connectivity index (χ4n) is 3.22. The Labute approximate surface area is 130 Å². The van der Waals surface area contributed by atoms with Gasteiger partial charge in [-0.05, 0) is 38.6 Å². The first-order valence-corrected chi connectivity index (χ1v) is 7.66. The van der Waals surface area contributed by atoms with Crippen LogP contribution < -0.4 is 16.0 Å². The zero-order valence-corrected chi connectivity index (χ0v) is 13.2. The molecule has 0 aliphatic carbocycles. The number of likely N-dealkylation sites (N-methyl/N-ethyl adjacent to an activating group) is 2. The summed E-state index contributed by atoms with van der Waals surface area (Å²) in [7, 11) is 4.21. The first-order valence-electron chi connectivity index (χ1n) is 7.28. The van der Waals surface area contributed by atoms with Crippen LogP contribution in [0.4, 0.5) is 11.4 Å². The van der Waals surface area contributed by atoms with Gasteiger partial charge in [0, 0.05) is 30.9 Å². The number of nitrogens with zero attached hydrogens (tertiary/aromatic N) is 2. The van der Waals surface area contributed by atoms with Gasteiger partial charge < -0.3 is 20.9 Å². The van der Waals surface area contributed by atoms with Crippen molar-refractivity contribution in [2.24, 2.45) is 5.73 Å². The summed E-state index contributed by atoms with van der Waals surface area (Å²) in [5.41, 5.74) is 8.37. The first-order chi connectivity index (χ1) is 9.97. The van der Waals surface area contributed by atoms with Gasteiger partial charge in [0.05, 0.1) is 10.7 Å². The second kappa shape index (κ2) is 5.48. The van der Waals surface area contributed by atoms with Gasteiger partial charge in [-0.2, -0.15) is 0 Å². The standard InChI is InChI=1S/C15H21ClN4O/c1-19-5-3-4-9(8-19)20(2)13-7-12-10(6-11(13)16)14(17)15(21)18-12/h6-7,9,14H,3-5,8,17H2,1-2H3,(H,18,21). The number of anilines is 2. The van der Waals surface area contributed by atoms with E-state index in [1.54, 1.807) is 0 Å². The van der Waals surface area contributed by atoms with Gasteiger partial charge in [-0.25, -0.2) is 0 Å². The number of benzene rings is 1. The van der Waals surface area contributed by atoms with E-state index in [-0.39, 0.29) is 5.91 Å². The number of carbonyl (C=O) groups excluding carboxylic acids is 1. The Hall–Kier alpha value is -1.30. The molecular weight excluding hydrogens is 288 g/mol. The van der Waals surface area contributed by atoms with Crippen molar-refractivity contribution in [2.75, 3.05) is 37.4 Å². The molecule has 0 aromatic heterocycles. The normalized spacial score (nSPS) is 25.6. The molecule has 5 nitrogen and oxygen atoms in total. The van der Waals surface area contributed by atoms with E-state index in [9.17, 15) is 4.79 Å². The third-order valence-corrected chi connectivity index (χ3v) is 4.82. The molecule has 114 valence electrons. The van der Waals surface area contributed by atoms with Crippen LogP contribution in [0.5, 0.6) is 0 Å². The van der Waals surface area contributed by atoms with Gasteiger partial charge in [-0.3, -0.25) is 4.79 Å². The Morgan fingerprint density at radius 2 is 2.24 bits per heavy atom. The van der Waals surface area contributed by atoms with E-state index in [1.807, 2.05) is 12.1 Å². The van der Waals surface area contributed by atoms with Crippen LogP contribution in [-0.2, 0) is 4.79 Å². The van der Waals surface area contributed by atoms with E-state index in [0.29, 0.717) is 11.1 Å². The second-order valence-electron chi connectivity index (χ2n) is 6.03. The highest BCUT2D eigenvalue weighted by Crippen LogP contribution is 2.38. The third kappa shape index (κ3) is 2.61. The van der Waals surface area contributed by atoms with Gasteiger partial charge in [-0.15, -0.1) is 0 Å².